The summed E-state index contributed by atoms with van der Waals surface area (Å²) in [5, 5.41) is 10.6. The van der Waals surface area contributed by atoms with Gasteiger partial charge in [0.2, 0.25) is 0 Å². The zero-order valence-electron chi connectivity index (χ0n) is 15.4. The van der Waals surface area contributed by atoms with E-state index in [-0.39, 0.29) is 18.3 Å². The molecule has 0 aromatic heterocycles. The van der Waals surface area contributed by atoms with Crippen molar-refractivity contribution in [1.82, 2.24) is 0 Å². The van der Waals surface area contributed by atoms with Crippen molar-refractivity contribution >= 4 is 11.7 Å². The van der Waals surface area contributed by atoms with Crippen molar-refractivity contribution in [2.75, 3.05) is 0 Å². The van der Waals surface area contributed by atoms with Gasteiger partial charge in [0.25, 0.3) is 5.69 Å². The summed E-state index contributed by atoms with van der Waals surface area (Å²) in [6.45, 7) is 2.41. The normalized spacial score (nSPS) is 10.6. The number of nitrogens with zero attached hydrogens (tertiary/aromatic N) is 1. The molecular formula is C20H31NO4. The highest BCUT2D eigenvalue weighted by atomic mass is 16.6. The third kappa shape index (κ3) is 10.5. The van der Waals surface area contributed by atoms with Crippen LogP contribution in [0, 0.1) is 10.1 Å². The van der Waals surface area contributed by atoms with Crippen LogP contribution in [0.4, 0.5) is 5.69 Å². The van der Waals surface area contributed by atoms with Crippen molar-refractivity contribution in [3.8, 4) is 0 Å². The fraction of sp³-hybridized carbons (Fsp3) is 0.650. The second-order valence-electron chi connectivity index (χ2n) is 6.52. The molecule has 0 unspecified atom stereocenters. The molecule has 0 aliphatic rings. The van der Waals surface area contributed by atoms with E-state index in [1.807, 2.05) is 0 Å². The molecule has 0 aliphatic heterocycles. The van der Waals surface area contributed by atoms with E-state index >= 15 is 0 Å². The summed E-state index contributed by atoms with van der Waals surface area (Å²) in [7, 11) is 0. The van der Waals surface area contributed by atoms with Gasteiger partial charge in [-0.3, -0.25) is 14.9 Å². The van der Waals surface area contributed by atoms with Gasteiger partial charge < -0.3 is 4.74 Å². The Hall–Kier alpha value is -1.91. The van der Waals surface area contributed by atoms with E-state index in [0.29, 0.717) is 6.42 Å². The molecule has 0 saturated carbocycles. The number of carbonyl (C=O) groups excluding carboxylic acids is 1. The van der Waals surface area contributed by atoms with E-state index in [2.05, 4.69) is 6.92 Å². The topological polar surface area (TPSA) is 69.4 Å². The molecule has 140 valence electrons. The third-order valence-electron chi connectivity index (χ3n) is 4.28. The quantitative estimate of drug-likeness (QED) is 0.180. The molecule has 0 fully saturated rings. The molecule has 1 aromatic rings. The first-order valence-electron chi connectivity index (χ1n) is 9.52. The highest BCUT2D eigenvalue weighted by Crippen LogP contribution is 2.14. The summed E-state index contributed by atoms with van der Waals surface area (Å²) < 4.78 is 5.20. The average Bonchev–Trinajstić information content (AvgIpc) is 2.62. The Morgan fingerprint density at radius 2 is 1.44 bits per heavy atom. The lowest BCUT2D eigenvalue weighted by molar-refractivity contribution is -0.384. The molecule has 0 aliphatic carbocycles. The smallest absolute Gasteiger partial charge is 0.306 e. The maximum Gasteiger partial charge on any atom is 0.306 e. The molecule has 0 heterocycles. The van der Waals surface area contributed by atoms with Gasteiger partial charge in [0.15, 0.2) is 0 Å². The minimum atomic E-state index is -0.443. The predicted molar refractivity (Wildman–Crippen MR) is 99.4 cm³/mol. The number of benzene rings is 1. The van der Waals surface area contributed by atoms with Crippen molar-refractivity contribution in [1.29, 1.82) is 0 Å². The maximum absolute atomic E-state index is 11.7. The Balaban J connectivity index is 1.99. The van der Waals surface area contributed by atoms with E-state index in [9.17, 15) is 14.9 Å². The van der Waals surface area contributed by atoms with Gasteiger partial charge in [-0.25, -0.2) is 0 Å². The predicted octanol–water partition coefficient (Wildman–Crippen LogP) is 5.95. The van der Waals surface area contributed by atoms with Crippen LogP contribution >= 0.6 is 0 Å². The number of nitro groups is 1. The van der Waals surface area contributed by atoms with Gasteiger partial charge in [-0.2, -0.15) is 0 Å². The van der Waals surface area contributed by atoms with Crippen LogP contribution in [0.15, 0.2) is 24.3 Å². The number of esters is 1. The number of hydrogen-bond acceptors (Lipinski definition) is 4. The molecule has 5 heteroatoms. The molecule has 5 nitrogen and oxygen atoms in total. The van der Waals surface area contributed by atoms with Crippen molar-refractivity contribution in [2.24, 2.45) is 0 Å². The number of rotatable bonds is 14. The fourth-order valence-electron chi connectivity index (χ4n) is 2.71. The molecule has 0 bridgehead atoms. The van der Waals surface area contributed by atoms with E-state index in [1.165, 1.54) is 63.5 Å². The van der Waals surface area contributed by atoms with E-state index < -0.39 is 4.92 Å². The zero-order chi connectivity index (χ0) is 18.3. The number of carbonyl (C=O) groups is 1. The van der Waals surface area contributed by atoms with E-state index in [4.69, 9.17) is 4.74 Å². The SMILES string of the molecule is CCCCCCCCCCCCC(=O)OCc1ccc([N+](=O)[O-])cc1. The number of unbranched alkanes of at least 4 members (excludes halogenated alkanes) is 9. The van der Waals surface area contributed by atoms with Gasteiger partial charge in [-0.05, 0) is 24.1 Å². The Labute approximate surface area is 150 Å². The van der Waals surface area contributed by atoms with Crippen LogP contribution in [0.2, 0.25) is 0 Å². The molecule has 0 N–H and O–H groups in total. The van der Waals surface area contributed by atoms with E-state index in [0.717, 1.165) is 18.4 Å². The molecule has 0 amide bonds. The van der Waals surface area contributed by atoms with Gasteiger partial charge in [0, 0.05) is 18.6 Å². The lowest BCUT2D eigenvalue weighted by atomic mass is 10.1. The van der Waals surface area contributed by atoms with Gasteiger partial charge in [0.1, 0.15) is 6.61 Å². The van der Waals surface area contributed by atoms with Crippen molar-refractivity contribution in [3.63, 3.8) is 0 Å². The summed E-state index contributed by atoms with van der Waals surface area (Å²) in [6, 6.07) is 6.08. The Kier molecular flexibility index (Phi) is 11.3. The molecule has 0 saturated heterocycles. The van der Waals surface area contributed by atoms with Crippen LogP contribution in [-0.2, 0) is 16.1 Å². The van der Waals surface area contributed by atoms with Crippen molar-refractivity contribution in [2.45, 2.75) is 84.2 Å². The number of nitro benzene ring substituents is 1. The summed E-state index contributed by atoms with van der Waals surface area (Å²) in [4.78, 5) is 21.8. The minimum absolute atomic E-state index is 0.0421. The molecular weight excluding hydrogens is 318 g/mol. The van der Waals surface area contributed by atoms with Crippen LogP contribution in [0.25, 0.3) is 0 Å². The minimum Gasteiger partial charge on any atom is -0.461 e. The van der Waals surface area contributed by atoms with Gasteiger partial charge in [-0.1, -0.05) is 64.7 Å². The summed E-state index contributed by atoms with van der Waals surface area (Å²) in [5.41, 5.74) is 0.808. The Bertz CT molecular complexity index is 499. The molecule has 1 aromatic carbocycles. The van der Waals surface area contributed by atoms with Gasteiger partial charge in [0.05, 0.1) is 4.92 Å². The molecule has 0 spiro atoms. The highest BCUT2D eigenvalue weighted by molar-refractivity contribution is 5.69. The maximum atomic E-state index is 11.7. The summed E-state index contributed by atoms with van der Waals surface area (Å²) in [5.74, 6) is -0.196. The fourth-order valence-corrected chi connectivity index (χ4v) is 2.71. The number of hydrogen-bond donors (Lipinski definition) is 0. The Morgan fingerprint density at radius 3 is 1.96 bits per heavy atom. The van der Waals surface area contributed by atoms with Gasteiger partial charge in [-0.15, -0.1) is 0 Å². The first kappa shape index (κ1) is 21.1. The monoisotopic (exact) mass is 349 g/mol. The van der Waals surface area contributed by atoms with Crippen LogP contribution in [0.3, 0.4) is 0 Å². The lowest BCUT2D eigenvalue weighted by Crippen LogP contribution is -2.04. The Morgan fingerprint density at radius 1 is 0.920 bits per heavy atom. The molecule has 1 rings (SSSR count). The zero-order valence-corrected chi connectivity index (χ0v) is 15.4. The largest absolute Gasteiger partial charge is 0.461 e. The summed E-state index contributed by atoms with van der Waals surface area (Å²) in [6.07, 6.45) is 12.8. The van der Waals surface area contributed by atoms with Crippen LogP contribution in [0.1, 0.15) is 83.1 Å². The average molecular weight is 349 g/mol. The van der Waals surface area contributed by atoms with Crippen LogP contribution in [-0.4, -0.2) is 10.9 Å². The molecule has 0 atom stereocenters. The first-order chi connectivity index (χ1) is 12.1. The second-order valence-corrected chi connectivity index (χ2v) is 6.52. The van der Waals surface area contributed by atoms with E-state index in [1.54, 1.807) is 12.1 Å². The second kappa shape index (κ2) is 13.4. The van der Waals surface area contributed by atoms with Crippen LogP contribution in [0.5, 0.6) is 0 Å². The highest BCUT2D eigenvalue weighted by Gasteiger charge is 2.06. The first-order valence-corrected chi connectivity index (χ1v) is 9.52. The third-order valence-corrected chi connectivity index (χ3v) is 4.28. The number of ether oxygens (including phenoxy) is 1. The van der Waals surface area contributed by atoms with Crippen molar-refractivity contribution in [3.05, 3.63) is 39.9 Å². The summed E-state index contributed by atoms with van der Waals surface area (Å²) >= 11 is 0. The van der Waals surface area contributed by atoms with Gasteiger partial charge >= 0.3 is 5.97 Å². The lowest BCUT2D eigenvalue weighted by Gasteiger charge is -2.05. The number of non-ortho nitro benzene ring substituents is 1. The van der Waals surface area contributed by atoms with Crippen LogP contribution < -0.4 is 0 Å². The molecule has 0 radical (unpaired) electrons. The molecule has 25 heavy (non-hydrogen) atoms. The van der Waals surface area contributed by atoms with Crippen molar-refractivity contribution < 1.29 is 14.5 Å². The standard InChI is InChI=1S/C20H31NO4/c1-2-3-4-5-6-7-8-9-10-11-12-20(22)25-17-18-13-15-19(16-14-18)21(23)24/h13-16H,2-12,17H2,1H3.